The second-order valence-corrected chi connectivity index (χ2v) is 5.12. The molecule has 1 aliphatic heterocycles. The SMILES string of the molecule is CN1CCc2cc(CC(C)(N)CO)ccc21. The third-order valence-electron chi connectivity index (χ3n) is 3.24. The fourth-order valence-corrected chi connectivity index (χ4v) is 2.25. The van der Waals surface area contributed by atoms with Crippen molar-refractivity contribution in [3.63, 3.8) is 0 Å². The summed E-state index contributed by atoms with van der Waals surface area (Å²) in [5, 5.41) is 9.16. The topological polar surface area (TPSA) is 49.5 Å². The standard InChI is InChI=1S/C13H20N2O/c1-13(14,9-16)8-10-3-4-12-11(7-10)5-6-15(12)2/h3-4,7,16H,5-6,8-9,14H2,1-2H3. The molecule has 0 aliphatic carbocycles. The molecule has 0 aromatic heterocycles. The van der Waals surface area contributed by atoms with Gasteiger partial charge in [-0.25, -0.2) is 0 Å². The van der Waals surface area contributed by atoms with Crippen LogP contribution in [0, 0.1) is 0 Å². The van der Waals surface area contributed by atoms with Crippen molar-refractivity contribution in [1.82, 2.24) is 0 Å². The highest BCUT2D eigenvalue weighted by atomic mass is 16.3. The molecule has 0 spiro atoms. The summed E-state index contributed by atoms with van der Waals surface area (Å²) in [6, 6.07) is 6.49. The molecule has 16 heavy (non-hydrogen) atoms. The van der Waals surface area contributed by atoms with E-state index < -0.39 is 5.54 Å². The van der Waals surface area contributed by atoms with Crippen LogP contribution < -0.4 is 10.6 Å². The minimum Gasteiger partial charge on any atom is -0.394 e. The summed E-state index contributed by atoms with van der Waals surface area (Å²) in [6.45, 7) is 3.00. The quantitative estimate of drug-likeness (QED) is 0.797. The lowest BCUT2D eigenvalue weighted by Gasteiger charge is -2.22. The Labute approximate surface area is 96.9 Å². The first-order valence-electron chi connectivity index (χ1n) is 5.74. The maximum atomic E-state index is 9.16. The van der Waals surface area contributed by atoms with Gasteiger partial charge in [0.25, 0.3) is 0 Å². The Hall–Kier alpha value is -1.06. The molecule has 0 radical (unpaired) electrons. The van der Waals surface area contributed by atoms with Crippen LogP contribution in [0.5, 0.6) is 0 Å². The number of aliphatic hydroxyl groups excluding tert-OH is 1. The van der Waals surface area contributed by atoms with Crippen LogP contribution in [0.4, 0.5) is 5.69 Å². The molecule has 1 atom stereocenters. The molecule has 0 saturated heterocycles. The lowest BCUT2D eigenvalue weighted by molar-refractivity contribution is 0.208. The van der Waals surface area contributed by atoms with Crippen LogP contribution in [0.25, 0.3) is 0 Å². The number of aliphatic hydroxyl groups is 1. The molecule has 3 nitrogen and oxygen atoms in total. The number of hydrogen-bond acceptors (Lipinski definition) is 3. The first kappa shape index (κ1) is 11.4. The van der Waals surface area contributed by atoms with Crippen LogP contribution in [-0.2, 0) is 12.8 Å². The van der Waals surface area contributed by atoms with Crippen molar-refractivity contribution in [2.45, 2.75) is 25.3 Å². The lowest BCUT2D eigenvalue weighted by Crippen LogP contribution is -2.42. The van der Waals surface area contributed by atoms with E-state index in [1.54, 1.807) is 0 Å². The van der Waals surface area contributed by atoms with Crippen LogP contribution >= 0.6 is 0 Å². The molecule has 3 heteroatoms. The Balaban J connectivity index is 2.20. The normalized spacial score (nSPS) is 18.4. The summed E-state index contributed by atoms with van der Waals surface area (Å²) >= 11 is 0. The Kier molecular flexibility index (Phi) is 2.91. The first-order valence-corrected chi connectivity index (χ1v) is 5.74. The zero-order chi connectivity index (χ0) is 11.8. The van der Waals surface area contributed by atoms with Gasteiger partial charge in [-0.2, -0.15) is 0 Å². The van der Waals surface area contributed by atoms with E-state index in [9.17, 15) is 0 Å². The van der Waals surface area contributed by atoms with Gasteiger partial charge in [-0.3, -0.25) is 0 Å². The van der Waals surface area contributed by atoms with Crippen LogP contribution in [0.1, 0.15) is 18.1 Å². The van der Waals surface area contributed by atoms with E-state index in [0.29, 0.717) is 0 Å². The zero-order valence-electron chi connectivity index (χ0n) is 10.0. The highest BCUT2D eigenvalue weighted by Crippen LogP contribution is 2.28. The molecule has 1 aromatic rings. The van der Waals surface area contributed by atoms with Gasteiger partial charge in [0.2, 0.25) is 0 Å². The van der Waals surface area contributed by atoms with Crippen LogP contribution in [0.3, 0.4) is 0 Å². The van der Waals surface area contributed by atoms with Gasteiger partial charge in [-0.15, -0.1) is 0 Å². The summed E-state index contributed by atoms with van der Waals surface area (Å²) in [5.41, 5.74) is 9.38. The smallest absolute Gasteiger partial charge is 0.0611 e. The minimum absolute atomic E-state index is 0.0178. The van der Waals surface area contributed by atoms with E-state index >= 15 is 0 Å². The van der Waals surface area contributed by atoms with E-state index in [4.69, 9.17) is 10.8 Å². The largest absolute Gasteiger partial charge is 0.394 e. The fraction of sp³-hybridized carbons (Fsp3) is 0.538. The number of fused-ring (bicyclic) bond motifs is 1. The van der Waals surface area contributed by atoms with Crippen molar-refractivity contribution in [3.05, 3.63) is 29.3 Å². The Morgan fingerprint density at radius 3 is 2.94 bits per heavy atom. The predicted octanol–water partition coefficient (Wildman–Crippen LogP) is 0.931. The number of nitrogens with zero attached hydrogens (tertiary/aromatic N) is 1. The molecule has 1 heterocycles. The van der Waals surface area contributed by atoms with E-state index in [2.05, 4.69) is 30.1 Å². The monoisotopic (exact) mass is 220 g/mol. The van der Waals surface area contributed by atoms with Crippen molar-refractivity contribution in [2.24, 2.45) is 5.73 Å². The molecule has 0 saturated carbocycles. The maximum Gasteiger partial charge on any atom is 0.0611 e. The number of likely N-dealkylation sites (N-methyl/N-ethyl adjacent to an activating group) is 1. The van der Waals surface area contributed by atoms with Crippen molar-refractivity contribution in [1.29, 1.82) is 0 Å². The van der Waals surface area contributed by atoms with Gasteiger partial charge in [0.1, 0.15) is 0 Å². The molecule has 1 aromatic carbocycles. The van der Waals surface area contributed by atoms with Gasteiger partial charge in [-0.05, 0) is 37.0 Å². The van der Waals surface area contributed by atoms with Gasteiger partial charge in [0, 0.05) is 24.8 Å². The van der Waals surface area contributed by atoms with Gasteiger partial charge in [-0.1, -0.05) is 12.1 Å². The lowest BCUT2D eigenvalue weighted by atomic mass is 9.93. The minimum atomic E-state index is -0.515. The summed E-state index contributed by atoms with van der Waals surface area (Å²) in [5.74, 6) is 0. The number of hydrogen-bond donors (Lipinski definition) is 2. The Morgan fingerprint density at radius 1 is 1.50 bits per heavy atom. The van der Waals surface area contributed by atoms with Crippen LogP contribution in [0.2, 0.25) is 0 Å². The van der Waals surface area contributed by atoms with E-state index in [-0.39, 0.29) is 6.61 Å². The van der Waals surface area contributed by atoms with Gasteiger partial charge < -0.3 is 15.7 Å². The molecule has 0 bridgehead atoms. The molecule has 2 rings (SSSR count). The van der Waals surface area contributed by atoms with E-state index in [1.807, 2.05) is 6.92 Å². The third-order valence-corrected chi connectivity index (χ3v) is 3.24. The van der Waals surface area contributed by atoms with Crippen molar-refractivity contribution >= 4 is 5.69 Å². The number of nitrogens with two attached hydrogens (primary N) is 1. The zero-order valence-corrected chi connectivity index (χ0v) is 10.0. The van der Waals surface area contributed by atoms with Crippen molar-refractivity contribution < 1.29 is 5.11 Å². The summed E-state index contributed by atoms with van der Waals surface area (Å²) < 4.78 is 0. The Morgan fingerprint density at radius 2 is 2.25 bits per heavy atom. The summed E-state index contributed by atoms with van der Waals surface area (Å²) in [4.78, 5) is 2.27. The van der Waals surface area contributed by atoms with E-state index in [1.165, 1.54) is 16.8 Å². The second-order valence-electron chi connectivity index (χ2n) is 5.12. The van der Waals surface area contributed by atoms with Crippen LogP contribution in [0.15, 0.2) is 18.2 Å². The fourth-order valence-electron chi connectivity index (χ4n) is 2.25. The molecule has 1 unspecified atom stereocenters. The predicted molar refractivity (Wildman–Crippen MR) is 66.8 cm³/mol. The van der Waals surface area contributed by atoms with Gasteiger partial charge in [0.15, 0.2) is 0 Å². The first-order chi connectivity index (χ1) is 7.52. The van der Waals surface area contributed by atoms with Crippen molar-refractivity contribution in [3.8, 4) is 0 Å². The third kappa shape index (κ3) is 2.20. The average Bonchev–Trinajstić information content (AvgIpc) is 2.60. The average molecular weight is 220 g/mol. The van der Waals surface area contributed by atoms with Crippen molar-refractivity contribution in [2.75, 3.05) is 25.1 Å². The summed E-state index contributed by atoms with van der Waals surface area (Å²) in [6.07, 6.45) is 1.83. The highest BCUT2D eigenvalue weighted by molar-refractivity contribution is 5.58. The molecular weight excluding hydrogens is 200 g/mol. The Bertz CT molecular complexity index is 388. The highest BCUT2D eigenvalue weighted by Gasteiger charge is 2.20. The maximum absolute atomic E-state index is 9.16. The molecule has 3 N–H and O–H groups in total. The molecule has 88 valence electrons. The van der Waals surface area contributed by atoms with Gasteiger partial charge in [0.05, 0.1) is 6.61 Å². The number of benzene rings is 1. The number of anilines is 1. The van der Waals surface area contributed by atoms with Gasteiger partial charge >= 0.3 is 0 Å². The molecule has 1 aliphatic rings. The second kappa shape index (κ2) is 4.07. The molecule has 0 amide bonds. The van der Waals surface area contributed by atoms with Crippen LogP contribution in [-0.4, -0.2) is 30.8 Å². The number of rotatable bonds is 3. The summed E-state index contributed by atoms with van der Waals surface area (Å²) in [7, 11) is 2.12. The van der Waals surface area contributed by atoms with E-state index in [0.717, 1.165) is 19.4 Å². The molecular formula is C13H20N2O. The molecule has 0 fully saturated rings.